The molecule has 1 fully saturated rings. The third kappa shape index (κ3) is 1.96. The van der Waals surface area contributed by atoms with Gasteiger partial charge in [0.15, 0.2) is 0 Å². The van der Waals surface area contributed by atoms with Crippen LogP contribution in [0.2, 0.25) is 0 Å². The van der Waals surface area contributed by atoms with Crippen molar-refractivity contribution in [1.82, 2.24) is 14.8 Å². The predicted octanol–water partition coefficient (Wildman–Crippen LogP) is 2.47. The summed E-state index contributed by atoms with van der Waals surface area (Å²) in [7, 11) is 0. The van der Waals surface area contributed by atoms with E-state index in [4.69, 9.17) is 5.73 Å². The molecule has 4 heteroatoms. The molecule has 0 amide bonds. The van der Waals surface area contributed by atoms with Gasteiger partial charge in [-0.25, -0.2) is 0 Å². The van der Waals surface area contributed by atoms with Crippen LogP contribution in [0.3, 0.4) is 0 Å². The Morgan fingerprint density at radius 1 is 1.33 bits per heavy atom. The Labute approximate surface area is 110 Å². The maximum absolute atomic E-state index is 6.23. The van der Waals surface area contributed by atoms with Crippen molar-refractivity contribution in [3.63, 3.8) is 0 Å². The summed E-state index contributed by atoms with van der Waals surface area (Å²) in [5.41, 5.74) is 6.41. The van der Waals surface area contributed by atoms with Gasteiger partial charge in [-0.3, -0.25) is 0 Å². The molecule has 0 aromatic carbocycles. The van der Waals surface area contributed by atoms with E-state index in [0.717, 1.165) is 31.0 Å². The van der Waals surface area contributed by atoms with Crippen LogP contribution in [-0.4, -0.2) is 20.8 Å². The van der Waals surface area contributed by atoms with Gasteiger partial charge in [-0.1, -0.05) is 20.8 Å². The minimum absolute atomic E-state index is 0.185. The minimum atomic E-state index is 0.185. The first-order valence-electron chi connectivity index (χ1n) is 7.04. The summed E-state index contributed by atoms with van der Waals surface area (Å²) in [6, 6.07) is 0.315. The molecule has 1 aliphatic carbocycles. The number of hydrogen-bond donors (Lipinski definition) is 1. The van der Waals surface area contributed by atoms with Gasteiger partial charge in [0.05, 0.1) is 0 Å². The van der Waals surface area contributed by atoms with E-state index >= 15 is 0 Å². The number of aromatic nitrogens is 3. The summed E-state index contributed by atoms with van der Waals surface area (Å²) < 4.78 is 2.25. The minimum Gasteiger partial charge on any atom is -0.327 e. The lowest BCUT2D eigenvalue weighted by atomic mass is 9.61. The molecular weight excluding hydrogens is 224 g/mol. The first-order valence-corrected chi connectivity index (χ1v) is 7.04. The smallest absolute Gasteiger partial charge is 0.136 e. The first-order chi connectivity index (χ1) is 8.39. The number of nitrogens with two attached hydrogens (primary N) is 1. The Kier molecular flexibility index (Phi) is 3.49. The number of aryl methyl sites for hydroxylation is 1. The fourth-order valence-corrected chi connectivity index (χ4v) is 3.36. The molecule has 0 radical (unpaired) electrons. The van der Waals surface area contributed by atoms with Crippen molar-refractivity contribution in [2.75, 3.05) is 0 Å². The van der Waals surface area contributed by atoms with Crippen LogP contribution in [0.1, 0.15) is 58.1 Å². The quantitative estimate of drug-likeness (QED) is 0.877. The van der Waals surface area contributed by atoms with Crippen molar-refractivity contribution in [2.45, 2.75) is 66.0 Å². The average molecular weight is 250 g/mol. The van der Waals surface area contributed by atoms with Crippen LogP contribution in [0.25, 0.3) is 0 Å². The van der Waals surface area contributed by atoms with E-state index in [2.05, 4.69) is 42.5 Å². The summed E-state index contributed by atoms with van der Waals surface area (Å²) in [4.78, 5) is 0. The van der Waals surface area contributed by atoms with E-state index in [1.807, 2.05) is 6.92 Å². The third-order valence-electron chi connectivity index (χ3n) is 5.09. The third-order valence-corrected chi connectivity index (χ3v) is 5.09. The van der Waals surface area contributed by atoms with Crippen molar-refractivity contribution in [2.24, 2.45) is 17.1 Å². The maximum Gasteiger partial charge on any atom is 0.136 e. The van der Waals surface area contributed by atoms with Gasteiger partial charge < -0.3 is 10.3 Å². The molecule has 2 rings (SSSR count). The summed E-state index contributed by atoms with van der Waals surface area (Å²) >= 11 is 0. The Bertz CT molecular complexity index is 421. The molecule has 102 valence electrons. The van der Waals surface area contributed by atoms with Crippen molar-refractivity contribution in [3.8, 4) is 0 Å². The van der Waals surface area contributed by atoms with E-state index in [9.17, 15) is 0 Å². The van der Waals surface area contributed by atoms with Crippen molar-refractivity contribution < 1.29 is 0 Å². The highest BCUT2D eigenvalue weighted by Gasteiger charge is 2.44. The Balaban J connectivity index is 2.38. The predicted molar refractivity (Wildman–Crippen MR) is 73.3 cm³/mol. The molecule has 1 aromatic heterocycles. The lowest BCUT2D eigenvalue weighted by molar-refractivity contribution is 0.0926. The standard InChI is InChI=1S/C14H26N4/c1-6-18-10(3)16-17-13(18)11-7-8-12(15)9(2)14(11,4)5/h9,11-12H,6-8,15H2,1-5H3. The molecule has 0 bridgehead atoms. The highest BCUT2D eigenvalue weighted by Crippen LogP contribution is 2.49. The molecule has 18 heavy (non-hydrogen) atoms. The van der Waals surface area contributed by atoms with Crippen LogP contribution in [0, 0.1) is 18.3 Å². The summed E-state index contributed by atoms with van der Waals surface area (Å²) in [6.45, 7) is 12.1. The van der Waals surface area contributed by atoms with E-state index in [1.165, 1.54) is 0 Å². The van der Waals surface area contributed by atoms with E-state index in [0.29, 0.717) is 17.9 Å². The van der Waals surface area contributed by atoms with Crippen LogP contribution >= 0.6 is 0 Å². The molecule has 4 nitrogen and oxygen atoms in total. The zero-order valence-electron chi connectivity index (χ0n) is 12.3. The van der Waals surface area contributed by atoms with E-state index in [1.54, 1.807) is 0 Å². The monoisotopic (exact) mass is 250 g/mol. The van der Waals surface area contributed by atoms with Crippen molar-refractivity contribution >= 4 is 0 Å². The lowest BCUT2D eigenvalue weighted by Crippen LogP contribution is -2.46. The zero-order valence-corrected chi connectivity index (χ0v) is 12.3. The number of rotatable bonds is 2. The van der Waals surface area contributed by atoms with Gasteiger partial charge >= 0.3 is 0 Å². The van der Waals surface area contributed by atoms with Crippen LogP contribution in [0.4, 0.5) is 0 Å². The number of hydrogen-bond acceptors (Lipinski definition) is 3. The lowest BCUT2D eigenvalue weighted by Gasteiger charge is -2.46. The zero-order chi connectivity index (χ0) is 13.5. The summed E-state index contributed by atoms with van der Waals surface area (Å²) in [6.07, 6.45) is 2.21. The second kappa shape index (κ2) is 4.65. The summed E-state index contributed by atoms with van der Waals surface area (Å²) in [5.74, 6) is 3.15. The van der Waals surface area contributed by atoms with Crippen LogP contribution in [-0.2, 0) is 6.54 Å². The Morgan fingerprint density at radius 2 is 2.00 bits per heavy atom. The molecule has 1 aliphatic rings. The number of nitrogens with zero attached hydrogens (tertiary/aromatic N) is 3. The highest BCUT2D eigenvalue weighted by atomic mass is 15.3. The van der Waals surface area contributed by atoms with Crippen LogP contribution in [0.15, 0.2) is 0 Å². The fourth-order valence-electron chi connectivity index (χ4n) is 3.36. The normalized spacial score (nSPS) is 31.6. The Hall–Kier alpha value is -0.900. The average Bonchev–Trinajstić information content (AvgIpc) is 2.67. The van der Waals surface area contributed by atoms with Gasteiger partial charge in [0, 0.05) is 18.5 Å². The fraction of sp³-hybridized carbons (Fsp3) is 0.857. The SMILES string of the molecule is CCn1c(C)nnc1C1CCC(N)C(C)C1(C)C. The molecular formula is C14H26N4. The van der Waals surface area contributed by atoms with Crippen LogP contribution in [0.5, 0.6) is 0 Å². The molecule has 3 unspecified atom stereocenters. The molecule has 1 saturated carbocycles. The molecule has 2 N–H and O–H groups in total. The molecule has 1 aromatic rings. The summed E-state index contributed by atoms with van der Waals surface area (Å²) in [5, 5.41) is 8.69. The van der Waals surface area contributed by atoms with E-state index in [-0.39, 0.29) is 5.41 Å². The Morgan fingerprint density at radius 3 is 2.61 bits per heavy atom. The van der Waals surface area contributed by atoms with Gasteiger partial charge in [0.2, 0.25) is 0 Å². The molecule has 3 atom stereocenters. The second-order valence-electron chi connectivity index (χ2n) is 6.25. The largest absolute Gasteiger partial charge is 0.327 e. The maximum atomic E-state index is 6.23. The van der Waals surface area contributed by atoms with Gasteiger partial charge in [0.1, 0.15) is 11.6 Å². The molecule has 0 saturated heterocycles. The second-order valence-corrected chi connectivity index (χ2v) is 6.25. The van der Waals surface area contributed by atoms with Crippen molar-refractivity contribution in [1.29, 1.82) is 0 Å². The van der Waals surface area contributed by atoms with Crippen molar-refractivity contribution in [3.05, 3.63) is 11.6 Å². The topological polar surface area (TPSA) is 56.7 Å². The van der Waals surface area contributed by atoms with Crippen LogP contribution < -0.4 is 5.73 Å². The highest BCUT2D eigenvalue weighted by molar-refractivity contribution is 5.10. The molecule has 1 heterocycles. The van der Waals surface area contributed by atoms with Gasteiger partial charge in [-0.15, -0.1) is 10.2 Å². The molecule has 0 aliphatic heterocycles. The van der Waals surface area contributed by atoms with E-state index < -0.39 is 0 Å². The van der Waals surface area contributed by atoms with Gasteiger partial charge in [-0.2, -0.15) is 0 Å². The van der Waals surface area contributed by atoms with Gasteiger partial charge in [0.25, 0.3) is 0 Å². The first kappa shape index (κ1) is 13.5. The van der Waals surface area contributed by atoms with Gasteiger partial charge in [-0.05, 0) is 38.0 Å². The molecule has 0 spiro atoms.